The average Bonchev–Trinajstić information content (AvgIpc) is 2.41. The lowest BCUT2D eigenvalue weighted by Gasteiger charge is -2.61. The van der Waals surface area contributed by atoms with Crippen molar-refractivity contribution < 1.29 is 15.7 Å². The summed E-state index contributed by atoms with van der Waals surface area (Å²) in [5.74, 6) is 0.300. The van der Waals surface area contributed by atoms with E-state index in [9.17, 15) is 10.2 Å². The van der Waals surface area contributed by atoms with Gasteiger partial charge in [-0.1, -0.05) is 18.2 Å². The van der Waals surface area contributed by atoms with Crippen LogP contribution in [0.3, 0.4) is 0 Å². The van der Waals surface area contributed by atoms with Crippen LogP contribution in [0.5, 0.6) is 5.75 Å². The minimum Gasteiger partial charge on any atom is -0.508 e. The van der Waals surface area contributed by atoms with Crippen LogP contribution in [-0.2, 0) is 11.8 Å². The van der Waals surface area contributed by atoms with Gasteiger partial charge in [-0.25, -0.2) is 0 Å². The van der Waals surface area contributed by atoms with Gasteiger partial charge in [0.2, 0.25) is 0 Å². The van der Waals surface area contributed by atoms with Crippen LogP contribution in [0.25, 0.3) is 0 Å². The van der Waals surface area contributed by atoms with Crippen molar-refractivity contribution >= 4 is 12.4 Å². The molecule has 3 aliphatic rings. The summed E-state index contributed by atoms with van der Waals surface area (Å²) in [6, 6.07) is 5.78. The van der Waals surface area contributed by atoms with E-state index in [0.717, 1.165) is 44.2 Å². The zero-order valence-corrected chi connectivity index (χ0v) is 13.4. The number of fused-ring (bicyclic) bond motifs is 1. The second-order valence-electron chi connectivity index (χ2n) is 6.74. The fraction of sp³-hybridized carbons (Fsp3) is 0.529. The molecule has 122 valence electrons. The molecule has 0 aromatic heterocycles. The number of halogens is 1. The highest BCUT2D eigenvalue weighted by atomic mass is 35.5. The van der Waals surface area contributed by atoms with E-state index < -0.39 is 5.60 Å². The predicted molar refractivity (Wildman–Crippen MR) is 88.7 cm³/mol. The summed E-state index contributed by atoms with van der Waals surface area (Å²) in [5.41, 5.74) is 2.68. The van der Waals surface area contributed by atoms with Crippen LogP contribution in [-0.4, -0.2) is 33.9 Å². The molecule has 1 saturated heterocycles. The summed E-state index contributed by atoms with van der Waals surface area (Å²) >= 11 is 0. The Morgan fingerprint density at radius 2 is 2.05 bits per heavy atom. The fourth-order valence-corrected chi connectivity index (χ4v) is 4.83. The van der Waals surface area contributed by atoms with Crippen LogP contribution in [0.15, 0.2) is 30.4 Å². The lowest BCUT2D eigenvalue weighted by atomic mass is 9.49. The molecule has 1 aromatic carbocycles. The molecule has 0 radical (unpaired) electrons. The van der Waals surface area contributed by atoms with Crippen LogP contribution in [0.1, 0.15) is 36.8 Å². The number of aliphatic hydroxyl groups is 1. The highest BCUT2D eigenvalue weighted by Gasteiger charge is 2.61. The Kier molecular flexibility index (Phi) is 4.35. The van der Waals surface area contributed by atoms with Crippen molar-refractivity contribution in [1.82, 2.24) is 5.32 Å². The lowest BCUT2D eigenvalue weighted by Crippen LogP contribution is -2.71. The molecular formula is C17H24ClNO3. The number of hydrogen-bond acceptors (Lipinski definition) is 3. The molecule has 1 aliphatic heterocycles. The fourth-order valence-electron chi connectivity index (χ4n) is 4.83. The first-order chi connectivity index (χ1) is 9.55. The van der Waals surface area contributed by atoms with E-state index in [2.05, 4.69) is 11.9 Å². The van der Waals surface area contributed by atoms with Crippen LogP contribution in [0.2, 0.25) is 0 Å². The first-order valence-electron chi connectivity index (χ1n) is 7.50. The molecule has 1 aromatic rings. The van der Waals surface area contributed by atoms with Gasteiger partial charge in [0.15, 0.2) is 0 Å². The third-order valence-corrected chi connectivity index (χ3v) is 5.79. The Labute approximate surface area is 137 Å². The summed E-state index contributed by atoms with van der Waals surface area (Å²) in [5, 5.41) is 24.8. The highest BCUT2D eigenvalue weighted by Crippen LogP contribution is 2.57. The third-order valence-electron chi connectivity index (χ3n) is 5.79. The van der Waals surface area contributed by atoms with Gasteiger partial charge in [-0.3, -0.25) is 0 Å². The van der Waals surface area contributed by atoms with Gasteiger partial charge in [0.1, 0.15) is 5.75 Å². The monoisotopic (exact) mass is 325 g/mol. The molecule has 2 aliphatic carbocycles. The first kappa shape index (κ1) is 17.3. The number of nitrogens with one attached hydrogen (secondary N) is 1. The number of phenols is 1. The topological polar surface area (TPSA) is 84.0 Å². The van der Waals surface area contributed by atoms with Crippen molar-refractivity contribution in [3.05, 3.63) is 41.5 Å². The van der Waals surface area contributed by atoms with Crippen molar-refractivity contribution in [2.24, 2.45) is 0 Å². The Morgan fingerprint density at radius 1 is 1.27 bits per heavy atom. The van der Waals surface area contributed by atoms with Crippen molar-refractivity contribution in [2.45, 2.75) is 49.2 Å². The summed E-state index contributed by atoms with van der Waals surface area (Å²) in [4.78, 5) is 0. The van der Waals surface area contributed by atoms with Gasteiger partial charge in [-0.15, -0.1) is 12.4 Å². The van der Waals surface area contributed by atoms with Crippen LogP contribution in [0.4, 0.5) is 0 Å². The summed E-state index contributed by atoms with van der Waals surface area (Å²) in [6.07, 6.45) is 4.29. The van der Waals surface area contributed by atoms with Crippen molar-refractivity contribution in [2.75, 3.05) is 6.54 Å². The molecule has 0 unspecified atom stereocenters. The minimum absolute atomic E-state index is 0. The molecule has 4 rings (SSSR count). The molecule has 0 amide bonds. The van der Waals surface area contributed by atoms with E-state index in [0.29, 0.717) is 5.75 Å². The largest absolute Gasteiger partial charge is 0.508 e. The van der Waals surface area contributed by atoms with Crippen molar-refractivity contribution in [3.63, 3.8) is 0 Å². The van der Waals surface area contributed by atoms with Gasteiger partial charge in [0, 0.05) is 11.5 Å². The maximum Gasteiger partial charge on any atom is 0.115 e. The molecule has 1 heterocycles. The van der Waals surface area contributed by atoms with Gasteiger partial charge in [-0.2, -0.15) is 0 Å². The second kappa shape index (κ2) is 5.53. The zero-order valence-electron chi connectivity index (χ0n) is 12.6. The normalized spacial score (nSPS) is 35.5. The molecule has 2 fully saturated rings. The molecule has 5 N–H and O–H groups in total. The quantitative estimate of drug-likeness (QED) is 0.634. The van der Waals surface area contributed by atoms with Gasteiger partial charge in [0.25, 0.3) is 0 Å². The van der Waals surface area contributed by atoms with E-state index in [1.807, 2.05) is 12.1 Å². The number of rotatable bonds is 0. The van der Waals surface area contributed by atoms with E-state index >= 15 is 0 Å². The molecule has 0 spiro atoms. The van der Waals surface area contributed by atoms with Crippen LogP contribution >= 0.6 is 12.4 Å². The molecule has 3 atom stereocenters. The van der Waals surface area contributed by atoms with Gasteiger partial charge < -0.3 is 21.0 Å². The molecule has 1 saturated carbocycles. The van der Waals surface area contributed by atoms with Crippen LogP contribution in [0, 0.1) is 0 Å². The number of aromatic hydroxyl groups is 1. The maximum atomic E-state index is 11.4. The number of allylic oxidation sites excluding steroid dienone is 1. The average molecular weight is 326 g/mol. The van der Waals surface area contributed by atoms with Gasteiger partial charge in [-0.05, 0) is 61.9 Å². The summed E-state index contributed by atoms with van der Waals surface area (Å²) in [6.45, 7) is 5.11. The summed E-state index contributed by atoms with van der Waals surface area (Å²) in [7, 11) is 0. The lowest BCUT2D eigenvalue weighted by molar-refractivity contribution is -0.115. The van der Waals surface area contributed by atoms with E-state index in [1.54, 1.807) is 6.07 Å². The molecule has 22 heavy (non-hydrogen) atoms. The van der Waals surface area contributed by atoms with E-state index in [-0.39, 0.29) is 29.3 Å². The molecule has 5 heteroatoms. The number of phenolic OH excluding ortho intramolecular Hbond substituents is 1. The smallest absolute Gasteiger partial charge is 0.115 e. The second-order valence-corrected chi connectivity index (χ2v) is 6.74. The molecule has 2 bridgehead atoms. The Hall–Kier alpha value is -1.07. The standard InChI is InChI=1S/C17H21NO2.ClH.H2O/c1-11-4-5-17(20)15-8-12-2-3-13(19)9-14(12)16(17,10-11)6-7-18-15;;/h2-3,9,15,18-20H,1,4-8,10H2;1H;1H2/t15-,16-,17-;;/m1../s1. The Balaban J connectivity index is 0.000000882. The van der Waals surface area contributed by atoms with E-state index in [1.165, 1.54) is 11.1 Å². The van der Waals surface area contributed by atoms with Gasteiger partial charge >= 0.3 is 0 Å². The third kappa shape index (κ3) is 2.02. The Morgan fingerprint density at radius 3 is 2.82 bits per heavy atom. The van der Waals surface area contributed by atoms with Crippen molar-refractivity contribution in [1.29, 1.82) is 0 Å². The molecule has 4 nitrogen and oxygen atoms in total. The Bertz CT molecular complexity index is 606. The maximum absolute atomic E-state index is 11.4. The minimum atomic E-state index is -0.701. The highest BCUT2D eigenvalue weighted by molar-refractivity contribution is 5.85. The van der Waals surface area contributed by atoms with Crippen molar-refractivity contribution in [3.8, 4) is 5.75 Å². The summed E-state index contributed by atoms with van der Waals surface area (Å²) < 4.78 is 0. The number of benzene rings is 1. The zero-order chi connectivity index (χ0) is 14.0. The van der Waals surface area contributed by atoms with Crippen LogP contribution < -0.4 is 5.32 Å². The first-order valence-corrected chi connectivity index (χ1v) is 7.50. The number of piperidine rings is 1. The molecular weight excluding hydrogens is 302 g/mol. The van der Waals surface area contributed by atoms with Gasteiger partial charge in [0.05, 0.1) is 5.60 Å². The van der Waals surface area contributed by atoms with E-state index in [4.69, 9.17) is 0 Å². The number of hydrogen-bond donors (Lipinski definition) is 3. The predicted octanol–water partition coefficient (Wildman–Crippen LogP) is 1.62. The SMILES string of the molecule is C=C1CC[C@@]2(O)[C@H]3Cc4ccc(O)cc4[C@@]2(CCN3)C1.Cl.O.